The van der Waals surface area contributed by atoms with E-state index in [-0.39, 0.29) is 5.82 Å². The molecule has 3 nitrogen and oxygen atoms in total. The van der Waals surface area contributed by atoms with Gasteiger partial charge in [0.1, 0.15) is 5.82 Å². The lowest BCUT2D eigenvalue weighted by molar-refractivity contribution is 0.377. The van der Waals surface area contributed by atoms with Gasteiger partial charge < -0.3 is 4.90 Å². The highest BCUT2D eigenvalue weighted by Gasteiger charge is 2.03. The molecule has 0 fully saturated rings. The van der Waals surface area contributed by atoms with E-state index in [0.29, 0.717) is 0 Å². The fourth-order valence-electron chi connectivity index (χ4n) is 1.52. The molecule has 4 heteroatoms. The SMILES string of the molecule is CN(C)CCn1ncc2ccc(F)cc21. The second-order valence-corrected chi connectivity index (χ2v) is 3.87. The zero-order chi connectivity index (χ0) is 10.8. The van der Waals surface area contributed by atoms with Gasteiger partial charge in [-0.15, -0.1) is 0 Å². The van der Waals surface area contributed by atoms with Crippen molar-refractivity contribution in [2.24, 2.45) is 0 Å². The third-order valence-corrected chi connectivity index (χ3v) is 2.37. The van der Waals surface area contributed by atoms with E-state index in [1.807, 2.05) is 18.8 Å². The number of nitrogens with zero attached hydrogens (tertiary/aromatic N) is 3. The van der Waals surface area contributed by atoms with Crippen LogP contribution in [-0.4, -0.2) is 35.3 Å². The molecule has 0 aliphatic carbocycles. The van der Waals surface area contributed by atoms with E-state index in [1.54, 1.807) is 12.3 Å². The average molecular weight is 207 g/mol. The minimum absolute atomic E-state index is 0.214. The normalized spacial score (nSPS) is 11.5. The van der Waals surface area contributed by atoms with E-state index in [0.717, 1.165) is 24.0 Å². The van der Waals surface area contributed by atoms with Crippen LogP contribution in [0.3, 0.4) is 0 Å². The molecule has 80 valence electrons. The first-order valence-corrected chi connectivity index (χ1v) is 4.92. The molecule has 0 spiro atoms. The largest absolute Gasteiger partial charge is 0.308 e. The number of hydrogen-bond donors (Lipinski definition) is 0. The van der Waals surface area contributed by atoms with Gasteiger partial charge in [0.15, 0.2) is 0 Å². The molecule has 0 amide bonds. The van der Waals surface area contributed by atoms with Crippen molar-refractivity contribution in [3.05, 3.63) is 30.2 Å². The highest BCUT2D eigenvalue weighted by atomic mass is 19.1. The van der Waals surface area contributed by atoms with Crippen molar-refractivity contribution < 1.29 is 4.39 Å². The first kappa shape index (κ1) is 10.1. The molecule has 0 saturated heterocycles. The van der Waals surface area contributed by atoms with Crippen LogP contribution in [0, 0.1) is 5.82 Å². The highest BCUT2D eigenvalue weighted by molar-refractivity contribution is 5.78. The molecule has 0 radical (unpaired) electrons. The van der Waals surface area contributed by atoms with E-state index >= 15 is 0 Å². The van der Waals surface area contributed by atoms with Gasteiger partial charge in [0.25, 0.3) is 0 Å². The molecule has 1 aromatic heterocycles. The zero-order valence-corrected chi connectivity index (χ0v) is 8.94. The summed E-state index contributed by atoms with van der Waals surface area (Å²) in [6, 6.07) is 4.74. The van der Waals surface area contributed by atoms with Crippen molar-refractivity contribution in [3.63, 3.8) is 0 Å². The van der Waals surface area contributed by atoms with Gasteiger partial charge in [0.2, 0.25) is 0 Å². The molecule has 0 aliphatic heterocycles. The molecule has 0 aliphatic rings. The van der Waals surface area contributed by atoms with Crippen molar-refractivity contribution in [1.82, 2.24) is 14.7 Å². The molecule has 0 atom stereocenters. The highest BCUT2D eigenvalue weighted by Crippen LogP contribution is 2.14. The molecule has 0 saturated carbocycles. The van der Waals surface area contributed by atoms with Crippen molar-refractivity contribution >= 4 is 10.9 Å². The number of fused-ring (bicyclic) bond motifs is 1. The van der Waals surface area contributed by atoms with Crippen molar-refractivity contribution in [2.75, 3.05) is 20.6 Å². The van der Waals surface area contributed by atoms with Crippen molar-refractivity contribution in [2.45, 2.75) is 6.54 Å². The van der Waals surface area contributed by atoms with Crippen molar-refractivity contribution in [3.8, 4) is 0 Å². The van der Waals surface area contributed by atoms with Gasteiger partial charge in [-0.1, -0.05) is 0 Å². The maximum atomic E-state index is 13.0. The Morgan fingerprint density at radius 2 is 2.20 bits per heavy atom. The first-order chi connectivity index (χ1) is 7.16. The maximum Gasteiger partial charge on any atom is 0.125 e. The Labute approximate surface area is 88.1 Å². The summed E-state index contributed by atoms with van der Waals surface area (Å²) < 4.78 is 14.9. The maximum absolute atomic E-state index is 13.0. The number of benzene rings is 1. The Kier molecular flexibility index (Phi) is 2.68. The molecule has 2 rings (SSSR count). The summed E-state index contributed by atoms with van der Waals surface area (Å²) >= 11 is 0. The van der Waals surface area contributed by atoms with E-state index < -0.39 is 0 Å². The van der Waals surface area contributed by atoms with Crippen LogP contribution in [0.25, 0.3) is 10.9 Å². The summed E-state index contributed by atoms with van der Waals surface area (Å²) in [7, 11) is 4.01. The van der Waals surface area contributed by atoms with Gasteiger partial charge in [-0.3, -0.25) is 4.68 Å². The van der Waals surface area contributed by atoms with E-state index in [4.69, 9.17) is 0 Å². The molecule has 1 aromatic carbocycles. The minimum Gasteiger partial charge on any atom is -0.308 e. The number of likely N-dealkylation sites (N-methyl/N-ethyl adjacent to an activating group) is 1. The number of rotatable bonds is 3. The molecule has 1 heterocycles. The Morgan fingerprint density at radius 3 is 2.93 bits per heavy atom. The van der Waals surface area contributed by atoms with Gasteiger partial charge in [-0.2, -0.15) is 5.10 Å². The Morgan fingerprint density at radius 1 is 1.40 bits per heavy atom. The molecule has 0 unspecified atom stereocenters. The number of aromatic nitrogens is 2. The third-order valence-electron chi connectivity index (χ3n) is 2.37. The van der Waals surface area contributed by atoms with Gasteiger partial charge in [0, 0.05) is 11.9 Å². The van der Waals surface area contributed by atoms with Gasteiger partial charge in [-0.25, -0.2) is 4.39 Å². The molecule has 0 N–H and O–H groups in total. The summed E-state index contributed by atoms with van der Waals surface area (Å²) in [4.78, 5) is 2.08. The second kappa shape index (κ2) is 3.98. The van der Waals surface area contributed by atoms with Gasteiger partial charge in [0.05, 0.1) is 18.3 Å². The van der Waals surface area contributed by atoms with Crippen LogP contribution in [0.4, 0.5) is 4.39 Å². The standard InChI is InChI=1S/C11H14FN3/c1-14(2)5-6-15-11-7-10(12)4-3-9(11)8-13-15/h3-4,7-8H,5-6H2,1-2H3. The lowest BCUT2D eigenvalue weighted by Gasteiger charge is -2.09. The lowest BCUT2D eigenvalue weighted by Crippen LogP contribution is -2.18. The average Bonchev–Trinajstić information content (AvgIpc) is 2.57. The summed E-state index contributed by atoms with van der Waals surface area (Å²) in [6.45, 7) is 1.67. The topological polar surface area (TPSA) is 21.1 Å². The van der Waals surface area contributed by atoms with Crippen LogP contribution in [0.5, 0.6) is 0 Å². The van der Waals surface area contributed by atoms with Crippen molar-refractivity contribution in [1.29, 1.82) is 0 Å². The first-order valence-electron chi connectivity index (χ1n) is 4.92. The lowest BCUT2D eigenvalue weighted by atomic mass is 10.2. The number of halogens is 1. The molecule has 2 aromatic rings. The minimum atomic E-state index is -0.214. The van der Waals surface area contributed by atoms with Gasteiger partial charge in [-0.05, 0) is 32.3 Å². The fraction of sp³-hybridized carbons (Fsp3) is 0.364. The Hall–Kier alpha value is -1.42. The van der Waals surface area contributed by atoms with Crippen LogP contribution in [-0.2, 0) is 6.54 Å². The predicted octanol–water partition coefficient (Wildman–Crippen LogP) is 1.74. The predicted molar refractivity (Wildman–Crippen MR) is 58.2 cm³/mol. The molecule has 0 bridgehead atoms. The Balaban J connectivity index is 2.31. The smallest absolute Gasteiger partial charge is 0.125 e. The van der Waals surface area contributed by atoms with E-state index in [9.17, 15) is 4.39 Å². The van der Waals surface area contributed by atoms with E-state index in [1.165, 1.54) is 12.1 Å². The summed E-state index contributed by atoms with van der Waals surface area (Å²) in [5, 5.41) is 5.21. The zero-order valence-electron chi connectivity index (χ0n) is 8.94. The third kappa shape index (κ3) is 2.15. The quantitative estimate of drug-likeness (QED) is 0.764. The number of hydrogen-bond acceptors (Lipinski definition) is 2. The molecular weight excluding hydrogens is 193 g/mol. The summed E-state index contributed by atoms with van der Waals surface area (Å²) in [6.07, 6.45) is 1.77. The van der Waals surface area contributed by atoms with Crippen LogP contribution < -0.4 is 0 Å². The van der Waals surface area contributed by atoms with Crippen LogP contribution in [0.1, 0.15) is 0 Å². The van der Waals surface area contributed by atoms with Crippen LogP contribution in [0.15, 0.2) is 24.4 Å². The van der Waals surface area contributed by atoms with Crippen LogP contribution in [0.2, 0.25) is 0 Å². The van der Waals surface area contributed by atoms with E-state index in [2.05, 4.69) is 10.00 Å². The van der Waals surface area contributed by atoms with Gasteiger partial charge >= 0.3 is 0 Å². The Bertz CT molecular complexity index is 462. The molecular formula is C11H14FN3. The molecule has 15 heavy (non-hydrogen) atoms. The van der Waals surface area contributed by atoms with Crippen LogP contribution >= 0.6 is 0 Å². The summed E-state index contributed by atoms with van der Waals surface area (Å²) in [5.41, 5.74) is 0.858. The second-order valence-electron chi connectivity index (χ2n) is 3.87. The summed E-state index contributed by atoms with van der Waals surface area (Å²) in [5.74, 6) is -0.214. The monoisotopic (exact) mass is 207 g/mol. The fourth-order valence-corrected chi connectivity index (χ4v) is 1.52.